The molecule has 0 saturated heterocycles. The lowest BCUT2D eigenvalue weighted by Gasteiger charge is -2.21. The Labute approximate surface area is 157 Å². The molecule has 1 rings (SSSR count). The van der Waals surface area contributed by atoms with Crippen LogP contribution >= 0.6 is 40.7 Å². The summed E-state index contributed by atoms with van der Waals surface area (Å²) in [5.41, 5.74) is 5.82. The van der Waals surface area contributed by atoms with E-state index in [1.165, 1.54) is 4.90 Å². The molecule has 23 heavy (non-hydrogen) atoms. The number of likely N-dealkylation sites (N-methyl/N-ethyl adjacent to an activating group) is 1. The predicted octanol–water partition coefficient (Wildman–Crippen LogP) is 2.46. The molecule has 0 aliphatic heterocycles. The number of carbonyl (C=O) groups excluding carboxylic acids is 2. The van der Waals surface area contributed by atoms with Crippen molar-refractivity contribution in [1.82, 2.24) is 9.88 Å². The van der Waals surface area contributed by atoms with Crippen LogP contribution in [-0.4, -0.2) is 41.3 Å². The standard InChI is InChI=1S/C14H21BrN4O2.2ClH/c1-9(2)6-11(16)14(21)19(3)8-13(20)18-12-5-4-10(15)7-17-12;;/h4-5,7,9,11H,6,8,16H2,1-3H3,(H,17,18,20);2*1H/t11-;;/m0../s1. The Balaban J connectivity index is 0. The molecule has 0 saturated carbocycles. The molecule has 6 nitrogen and oxygen atoms in total. The number of pyridine rings is 1. The van der Waals surface area contributed by atoms with Gasteiger partial charge in [0.25, 0.3) is 0 Å². The Morgan fingerprint density at radius 1 is 1.35 bits per heavy atom. The van der Waals surface area contributed by atoms with Crippen molar-refractivity contribution in [2.75, 3.05) is 18.9 Å². The fourth-order valence-corrected chi connectivity index (χ4v) is 2.05. The van der Waals surface area contributed by atoms with E-state index in [0.717, 1.165) is 4.47 Å². The summed E-state index contributed by atoms with van der Waals surface area (Å²) in [6.07, 6.45) is 2.18. The molecule has 0 fully saturated rings. The second kappa shape index (κ2) is 11.6. The molecule has 0 bridgehead atoms. The fourth-order valence-electron chi connectivity index (χ4n) is 1.82. The van der Waals surface area contributed by atoms with Crippen LogP contribution < -0.4 is 11.1 Å². The van der Waals surface area contributed by atoms with E-state index in [1.54, 1.807) is 25.4 Å². The number of anilines is 1. The van der Waals surface area contributed by atoms with Crippen molar-refractivity contribution in [3.63, 3.8) is 0 Å². The van der Waals surface area contributed by atoms with Crippen LogP contribution in [0.25, 0.3) is 0 Å². The Morgan fingerprint density at radius 3 is 2.43 bits per heavy atom. The number of hydrogen-bond acceptors (Lipinski definition) is 4. The van der Waals surface area contributed by atoms with Gasteiger partial charge in [-0.25, -0.2) is 4.98 Å². The average molecular weight is 430 g/mol. The van der Waals surface area contributed by atoms with E-state index < -0.39 is 6.04 Å². The summed E-state index contributed by atoms with van der Waals surface area (Å²) in [6, 6.07) is 2.87. The normalized spacial score (nSPS) is 11.0. The highest BCUT2D eigenvalue weighted by Crippen LogP contribution is 2.10. The third kappa shape index (κ3) is 9.10. The van der Waals surface area contributed by atoms with Crippen LogP contribution in [0.1, 0.15) is 20.3 Å². The number of nitrogens with zero attached hydrogens (tertiary/aromatic N) is 2. The van der Waals surface area contributed by atoms with Gasteiger partial charge in [-0.1, -0.05) is 13.8 Å². The van der Waals surface area contributed by atoms with Crippen molar-refractivity contribution < 1.29 is 9.59 Å². The molecule has 1 aromatic rings. The first-order valence-corrected chi connectivity index (χ1v) is 7.51. The minimum Gasteiger partial charge on any atom is -0.335 e. The summed E-state index contributed by atoms with van der Waals surface area (Å²) < 4.78 is 0.826. The largest absolute Gasteiger partial charge is 0.335 e. The van der Waals surface area contributed by atoms with Gasteiger partial charge < -0.3 is 16.0 Å². The number of halogens is 3. The zero-order chi connectivity index (χ0) is 16.0. The van der Waals surface area contributed by atoms with E-state index in [-0.39, 0.29) is 43.2 Å². The first-order valence-electron chi connectivity index (χ1n) is 6.71. The average Bonchev–Trinajstić information content (AvgIpc) is 2.39. The zero-order valence-electron chi connectivity index (χ0n) is 13.3. The molecule has 0 unspecified atom stereocenters. The van der Waals surface area contributed by atoms with Crippen LogP contribution in [0.15, 0.2) is 22.8 Å². The van der Waals surface area contributed by atoms with Gasteiger partial charge in [0.1, 0.15) is 5.82 Å². The number of rotatable bonds is 6. The van der Waals surface area contributed by atoms with E-state index in [2.05, 4.69) is 26.2 Å². The van der Waals surface area contributed by atoms with Crippen LogP contribution in [0, 0.1) is 5.92 Å². The Kier molecular flexibility index (Phi) is 12.3. The zero-order valence-corrected chi connectivity index (χ0v) is 16.5. The summed E-state index contributed by atoms with van der Waals surface area (Å²) in [5, 5.41) is 2.63. The fraction of sp³-hybridized carbons (Fsp3) is 0.500. The van der Waals surface area contributed by atoms with Crippen LogP contribution in [0.2, 0.25) is 0 Å². The third-order valence-electron chi connectivity index (χ3n) is 2.79. The minimum absolute atomic E-state index is 0. The molecule has 2 amide bonds. The predicted molar refractivity (Wildman–Crippen MR) is 100 cm³/mol. The second-order valence-electron chi connectivity index (χ2n) is 5.34. The lowest BCUT2D eigenvalue weighted by Crippen LogP contribution is -2.45. The topological polar surface area (TPSA) is 88.3 Å². The maximum absolute atomic E-state index is 12.0. The molecule has 0 aliphatic carbocycles. The van der Waals surface area contributed by atoms with E-state index in [4.69, 9.17) is 5.73 Å². The summed E-state index contributed by atoms with van der Waals surface area (Å²) in [7, 11) is 1.57. The van der Waals surface area contributed by atoms with Crippen molar-refractivity contribution in [3.8, 4) is 0 Å². The van der Waals surface area contributed by atoms with Crippen molar-refractivity contribution >= 4 is 58.4 Å². The lowest BCUT2D eigenvalue weighted by atomic mass is 10.0. The first-order chi connectivity index (χ1) is 9.79. The summed E-state index contributed by atoms with van der Waals surface area (Å²) in [5.74, 6) is 0.230. The van der Waals surface area contributed by atoms with E-state index in [1.807, 2.05) is 13.8 Å². The van der Waals surface area contributed by atoms with Gasteiger partial charge in [0.15, 0.2) is 0 Å². The molecule has 0 aromatic carbocycles. The Hall–Kier alpha value is -0.890. The summed E-state index contributed by atoms with van der Waals surface area (Å²) in [6.45, 7) is 3.94. The molecule has 3 N–H and O–H groups in total. The molecule has 0 spiro atoms. The van der Waals surface area contributed by atoms with E-state index >= 15 is 0 Å². The highest BCUT2D eigenvalue weighted by molar-refractivity contribution is 9.10. The molecule has 1 atom stereocenters. The summed E-state index contributed by atoms with van der Waals surface area (Å²) >= 11 is 3.26. The van der Waals surface area contributed by atoms with Crippen LogP contribution in [0.5, 0.6) is 0 Å². The molecule has 132 valence electrons. The quantitative estimate of drug-likeness (QED) is 0.726. The lowest BCUT2D eigenvalue weighted by molar-refractivity contribution is -0.134. The van der Waals surface area contributed by atoms with Crippen molar-refractivity contribution in [1.29, 1.82) is 0 Å². The first kappa shape index (κ1) is 24.4. The monoisotopic (exact) mass is 428 g/mol. The van der Waals surface area contributed by atoms with Gasteiger partial charge in [-0.3, -0.25) is 9.59 Å². The highest BCUT2D eigenvalue weighted by Gasteiger charge is 2.20. The maximum Gasteiger partial charge on any atom is 0.245 e. The molecule has 1 heterocycles. The number of aromatic nitrogens is 1. The van der Waals surface area contributed by atoms with Gasteiger partial charge in [-0.05, 0) is 40.4 Å². The van der Waals surface area contributed by atoms with Gasteiger partial charge in [-0.15, -0.1) is 24.8 Å². The van der Waals surface area contributed by atoms with Crippen molar-refractivity contribution in [2.24, 2.45) is 11.7 Å². The number of amides is 2. The second-order valence-corrected chi connectivity index (χ2v) is 6.26. The van der Waals surface area contributed by atoms with Gasteiger partial charge >= 0.3 is 0 Å². The highest BCUT2D eigenvalue weighted by atomic mass is 79.9. The molecular weight excluding hydrogens is 407 g/mol. The van der Waals surface area contributed by atoms with Gasteiger partial charge in [-0.2, -0.15) is 0 Å². The molecule has 0 radical (unpaired) electrons. The Bertz CT molecular complexity index is 500. The number of hydrogen-bond donors (Lipinski definition) is 2. The maximum atomic E-state index is 12.0. The molecule has 1 aromatic heterocycles. The van der Waals surface area contributed by atoms with Gasteiger partial charge in [0.2, 0.25) is 11.8 Å². The SMILES string of the molecule is CC(C)C[C@H](N)C(=O)N(C)CC(=O)Nc1ccc(Br)cn1.Cl.Cl. The van der Waals surface area contributed by atoms with Crippen LogP contribution in [0.4, 0.5) is 5.82 Å². The Morgan fingerprint density at radius 2 is 1.96 bits per heavy atom. The third-order valence-corrected chi connectivity index (χ3v) is 3.26. The van der Waals surface area contributed by atoms with E-state index in [0.29, 0.717) is 18.2 Å². The van der Waals surface area contributed by atoms with Gasteiger partial charge in [0.05, 0.1) is 12.6 Å². The number of nitrogens with one attached hydrogen (secondary N) is 1. The molecule has 0 aliphatic rings. The van der Waals surface area contributed by atoms with Crippen LogP contribution in [-0.2, 0) is 9.59 Å². The van der Waals surface area contributed by atoms with Crippen LogP contribution in [0.3, 0.4) is 0 Å². The number of nitrogens with two attached hydrogens (primary N) is 1. The van der Waals surface area contributed by atoms with Crippen molar-refractivity contribution in [3.05, 3.63) is 22.8 Å². The smallest absolute Gasteiger partial charge is 0.245 e. The molecule has 9 heteroatoms. The van der Waals surface area contributed by atoms with Crippen molar-refractivity contribution in [2.45, 2.75) is 26.3 Å². The molecular formula is C14H23BrCl2N4O2. The minimum atomic E-state index is -0.575. The summed E-state index contributed by atoms with van der Waals surface area (Å²) in [4.78, 5) is 29.2. The van der Waals surface area contributed by atoms with Gasteiger partial charge in [0, 0.05) is 17.7 Å². The van der Waals surface area contributed by atoms with E-state index in [9.17, 15) is 9.59 Å². The number of carbonyl (C=O) groups is 2.